The maximum atomic E-state index is 12.4. The van der Waals surface area contributed by atoms with Gasteiger partial charge in [-0.3, -0.25) is 9.59 Å². The van der Waals surface area contributed by atoms with Crippen LogP contribution in [0.4, 0.5) is 0 Å². The molecule has 0 saturated carbocycles. The first-order valence-electron chi connectivity index (χ1n) is 31.6. The van der Waals surface area contributed by atoms with Crippen molar-refractivity contribution in [3.05, 3.63) is 24.3 Å². The number of amides is 1. The van der Waals surface area contributed by atoms with Gasteiger partial charge in [0.25, 0.3) is 0 Å². The predicted molar refractivity (Wildman–Crippen MR) is 306 cm³/mol. The standard InChI is InChI=1S/C64H123NO5/c1-3-5-7-9-11-13-15-17-18-19-23-27-30-34-38-42-46-50-54-58-64(69)70-59-55-51-47-43-39-35-31-28-25-22-20-21-24-26-29-33-37-41-45-49-53-57-63(68)65-61(60-66)62(67)56-52-48-44-40-36-32-16-14-12-10-8-6-4-2/h17-18,52,56,61-62,66-67H,3-16,19-51,53-55,57-60H2,1-2H3,(H,65,68)/b18-17-,56-52+. The molecule has 3 N–H and O–H groups in total. The number of rotatable bonds is 59. The quantitative estimate of drug-likeness (QED) is 0.0321. The normalized spacial score (nSPS) is 12.7. The molecule has 0 saturated heterocycles. The first kappa shape index (κ1) is 68.3. The lowest BCUT2D eigenvalue weighted by molar-refractivity contribution is -0.143. The number of ether oxygens (including phenoxy) is 1. The topological polar surface area (TPSA) is 95.9 Å². The van der Waals surface area contributed by atoms with Gasteiger partial charge in [-0.15, -0.1) is 0 Å². The van der Waals surface area contributed by atoms with Gasteiger partial charge >= 0.3 is 5.97 Å². The lowest BCUT2D eigenvalue weighted by atomic mass is 10.0. The van der Waals surface area contributed by atoms with Crippen molar-refractivity contribution in [3.63, 3.8) is 0 Å². The summed E-state index contributed by atoms with van der Waals surface area (Å²) in [5.74, 6) is -0.0567. The van der Waals surface area contributed by atoms with Crippen LogP contribution < -0.4 is 5.32 Å². The van der Waals surface area contributed by atoms with Gasteiger partial charge in [-0.25, -0.2) is 0 Å². The van der Waals surface area contributed by atoms with Crippen molar-refractivity contribution in [2.24, 2.45) is 0 Å². The van der Waals surface area contributed by atoms with Gasteiger partial charge < -0.3 is 20.3 Å². The minimum Gasteiger partial charge on any atom is -0.466 e. The Hall–Kier alpha value is -1.66. The van der Waals surface area contributed by atoms with Crippen molar-refractivity contribution in [1.82, 2.24) is 5.32 Å². The van der Waals surface area contributed by atoms with Crippen molar-refractivity contribution in [3.8, 4) is 0 Å². The summed E-state index contributed by atoms with van der Waals surface area (Å²) in [6.07, 6.45) is 73.6. The molecule has 414 valence electrons. The summed E-state index contributed by atoms with van der Waals surface area (Å²) in [5.41, 5.74) is 0. The fraction of sp³-hybridized carbons (Fsp3) is 0.906. The maximum absolute atomic E-state index is 12.4. The SMILES string of the molecule is CCCCCCCC/C=C\CCCCCCCCCCCC(=O)OCCCCCCCCCCCCCCCCCCCCCCCC(=O)NC(CO)C(O)/C=C/CCCCCCCCCCCCC. The van der Waals surface area contributed by atoms with Gasteiger partial charge in [0.15, 0.2) is 0 Å². The second-order valence-corrected chi connectivity index (χ2v) is 21.7. The molecule has 0 fully saturated rings. The van der Waals surface area contributed by atoms with Crippen molar-refractivity contribution in [2.45, 2.75) is 360 Å². The van der Waals surface area contributed by atoms with E-state index in [0.717, 1.165) is 44.9 Å². The molecule has 6 nitrogen and oxygen atoms in total. The van der Waals surface area contributed by atoms with E-state index in [2.05, 4.69) is 31.3 Å². The summed E-state index contributed by atoms with van der Waals surface area (Å²) in [4.78, 5) is 24.5. The molecule has 0 radical (unpaired) electrons. The lowest BCUT2D eigenvalue weighted by Gasteiger charge is -2.20. The first-order valence-corrected chi connectivity index (χ1v) is 31.6. The van der Waals surface area contributed by atoms with Crippen LogP contribution in [0.5, 0.6) is 0 Å². The highest BCUT2D eigenvalue weighted by Crippen LogP contribution is 2.18. The summed E-state index contributed by atoms with van der Waals surface area (Å²) in [5, 5.41) is 23.1. The molecule has 0 rings (SSSR count). The Bertz CT molecular complexity index is 1090. The van der Waals surface area contributed by atoms with Gasteiger partial charge in [-0.1, -0.05) is 301 Å². The zero-order valence-electron chi connectivity index (χ0n) is 47.3. The van der Waals surface area contributed by atoms with E-state index in [-0.39, 0.29) is 18.5 Å². The molecule has 0 bridgehead atoms. The van der Waals surface area contributed by atoms with E-state index in [4.69, 9.17) is 4.74 Å². The van der Waals surface area contributed by atoms with E-state index in [1.165, 1.54) is 276 Å². The second-order valence-electron chi connectivity index (χ2n) is 21.7. The molecule has 1 amide bonds. The molecule has 0 aromatic heterocycles. The molecular formula is C64H123NO5. The zero-order chi connectivity index (χ0) is 50.7. The third-order valence-corrected chi connectivity index (χ3v) is 14.7. The van der Waals surface area contributed by atoms with Crippen LogP contribution in [0.1, 0.15) is 348 Å². The van der Waals surface area contributed by atoms with Crippen LogP contribution in [0.3, 0.4) is 0 Å². The van der Waals surface area contributed by atoms with Crippen molar-refractivity contribution in [1.29, 1.82) is 0 Å². The highest BCUT2D eigenvalue weighted by Gasteiger charge is 2.18. The van der Waals surface area contributed by atoms with Crippen molar-refractivity contribution >= 4 is 11.9 Å². The monoisotopic (exact) mass is 986 g/mol. The van der Waals surface area contributed by atoms with Gasteiger partial charge in [0.2, 0.25) is 5.91 Å². The van der Waals surface area contributed by atoms with Gasteiger partial charge in [0.05, 0.1) is 25.4 Å². The number of nitrogens with one attached hydrogen (secondary N) is 1. The van der Waals surface area contributed by atoms with Gasteiger partial charge in [-0.2, -0.15) is 0 Å². The van der Waals surface area contributed by atoms with Crippen LogP contribution in [-0.2, 0) is 14.3 Å². The van der Waals surface area contributed by atoms with E-state index < -0.39 is 12.1 Å². The van der Waals surface area contributed by atoms with Crippen LogP contribution in [0.25, 0.3) is 0 Å². The van der Waals surface area contributed by atoms with Crippen molar-refractivity contribution in [2.75, 3.05) is 13.2 Å². The molecule has 0 heterocycles. The molecule has 0 aliphatic carbocycles. The lowest BCUT2D eigenvalue weighted by Crippen LogP contribution is -2.45. The summed E-state index contributed by atoms with van der Waals surface area (Å²) >= 11 is 0. The number of unbranched alkanes of at least 4 members (excludes halogenated alkanes) is 46. The number of carbonyl (C=O) groups excluding carboxylic acids is 2. The largest absolute Gasteiger partial charge is 0.466 e. The van der Waals surface area contributed by atoms with Crippen LogP contribution in [0.15, 0.2) is 24.3 Å². The fourth-order valence-corrected chi connectivity index (χ4v) is 9.87. The zero-order valence-corrected chi connectivity index (χ0v) is 47.3. The van der Waals surface area contributed by atoms with E-state index in [9.17, 15) is 19.8 Å². The van der Waals surface area contributed by atoms with Crippen LogP contribution in [0, 0.1) is 0 Å². The van der Waals surface area contributed by atoms with Gasteiger partial charge in [0.1, 0.15) is 0 Å². The van der Waals surface area contributed by atoms with E-state index in [0.29, 0.717) is 19.4 Å². The summed E-state index contributed by atoms with van der Waals surface area (Å²) < 4.78 is 5.50. The summed E-state index contributed by atoms with van der Waals surface area (Å²) in [6, 6.07) is -0.628. The smallest absolute Gasteiger partial charge is 0.305 e. The molecule has 0 spiro atoms. The fourth-order valence-electron chi connectivity index (χ4n) is 9.87. The second kappa shape index (κ2) is 59.9. The van der Waals surface area contributed by atoms with E-state index >= 15 is 0 Å². The molecule has 6 heteroatoms. The Balaban J connectivity index is 3.37. The Morgan fingerprint density at radius 1 is 0.386 bits per heavy atom. The molecule has 2 atom stereocenters. The highest BCUT2D eigenvalue weighted by molar-refractivity contribution is 5.76. The van der Waals surface area contributed by atoms with E-state index in [1.54, 1.807) is 6.08 Å². The Morgan fingerprint density at radius 2 is 0.671 bits per heavy atom. The number of aliphatic hydroxyl groups is 2. The van der Waals surface area contributed by atoms with Crippen LogP contribution >= 0.6 is 0 Å². The number of carbonyl (C=O) groups is 2. The maximum Gasteiger partial charge on any atom is 0.305 e. The summed E-state index contributed by atoms with van der Waals surface area (Å²) in [7, 11) is 0. The van der Waals surface area contributed by atoms with Gasteiger partial charge in [0, 0.05) is 12.8 Å². The molecule has 0 aromatic carbocycles. The molecule has 0 aliphatic heterocycles. The minimum absolute atomic E-state index is 0.0113. The third kappa shape index (κ3) is 55.7. The van der Waals surface area contributed by atoms with Crippen LogP contribution in [-0.4, -0.2) is 47.4 Å². The van der Waals surface area contributed by atoms with E-state index in [1.807, 2.05) is 6.08 Å². The Morgan fingerprint density at radius 3 is 1.01 bits per heavy atom. The number of hydrogen-bond donors (Lipinski definition) is 3. The average Bonchev–Trinajstić information content (AvgIpc) is 3.36. The summed E-state index contributed by atoms with van der Waals surface area (Å²) in [6.45, 7) is 4.91. The highest BCUT2D eigenvalue weighted by atomic mass is 16.5. The molecule has 0 aliphatic rings. The average molecular weight is 987 g/mol. The number of aliphatic hydroxyl groups excluding tert-OH is 2. The first-order chi connectivity index (χ1) is 34.5. The van der Waals surface area contributed by atoms with Gasteiger partial charge in [-0.05, 0) is 57.8 Å². The Kier molecular flexibility index (Phi) is 58.5. The number of allylic oxidation sites excluding steroid dienone is 3. The number of esters is 1. The molecular weight excluding hydrogens is 863 g/mol. The van der Waals surface area contributed by atoms with Crippen molar-refractivity contribution < 1.29 is 24.5 Å². The third-order valence-electron chi connectivity index (χ3n) is 14.7. The number of hydrogen-bond acceptors (Lipinski definition) is 5. The molecule has 70 heavy (non-hydrogen) atoms. The molecule has 0 aromatic rings. The predicted octanol–water partition coefficient (Wildman–Crippen LogP) is 19.8. The molecule has 2 unspecified atom stereocenters. The Labute approximate surface area is 437 Å². The minimum atomic E-state index is -0.844. The van der Waals surface area contributed by atoms with Crippen LogP contribution in [0.2, 0.25) is 0 Å².